The highest BCUT2D eigenvalue weighted by Gasteiger charge is 2.30. The number of hydrogen-bond acceptors (Lipinski definition) is 4. The van der Waals surface area contributed by atoms with Crippen LogP contribution in [-0.4, -0.2) is 30.4 Å². The van der Waals surface area contributed by atoms with E-state index in [-0.39, 0.29) is 11.6 Å². The fourth-order valence-electron chi connectivity index (χ4n) is 3.11. The maximum absolute atomic E-state index is 12.8. The third kappa shape index (κ3) is 4.46. The van der Waals surface area contributed by atoms with E-state index in [1.807, 2.05) is 42.5 Å². The zero-order valence-electron chi connectivity index (χ0n) is 15.8. The van der Waals surface area contributed by atoms with E-state index in [0.717, 1.165) is 23.2 Å². The van der Waals surface area contributed by atoms with Crippen molar-refractivity contribution < 1.29 is 19.1 Å². The minimum absolute atomic E-state index is 0.0137. The lowest BCUT2D eigenvalue weighted by Crippen LogP contribution is -2.40. The molecule has 0 aromatic heterocycles. The summed E-state index contributed by atoms with van der Waals surface area (Å²) in [4.78, 5) is 38.5. The maximum atomic E-state index is 12.8. The number of anilines is 1. The summed E-state index contributed by atoms with van der Waals surface area (Å²) in [6.45, 7) is 3.40. The number of hydrogen-bond donors (Lipinski definition) is 1. The number of rotatable bonds is 5. The van der Waals surface area contributed by atoms with Crippen LogP contribution < -0.4 is 10.2 Å². The van der Waals surface area contributed by atoms with E-state index >= 15 is 0 Å². The Morgan fingerprint density at radius 2 is 1.75 bits per heavy atom. The summed E-state index contributed by atoms with van der Waals surface area (Å²) in [6.07, 6.45) is 1.31. The monoisotopic (exact) mass is 378 g/mol. The van der Waals surface area contributed by atoms with Crippen LogP contribution in [0.25, 0.3) is 6.08 Å². The normalized spacial score (nSPS) is 14.2. The van der Waals surface area contributed by atoms with Gasteiger partial charge in [-0.15, -0.1) is 0 Å². The van der Waals surface area contributed by atoms with Crippen molar-refractivity contribution in [3.05, 3.63) is 71.4 Å². The Morgan fingerprint density at radius 3 is 2.46 bits per heavy atom. The van der Waals surface area contributed by atoms with Crippen molar-refractivity contribution in [3.63, 3.8) is 0 Å². The van der Waals surface area contributed by atoms with E-state index in [1.54, 1.807) is 17.0 Å². The van der Waals surface area contributed by atoms with Gasteiger partial charge < -0.3 is 15.0 Å². The quantitative estimate of drug-likeness (QED) is 0.641. The molecule has 6 nitrogen and oxygen atoms in total. The van der Waals surface area contributed by atoms with Gasteiger partial charge in [-0.3, -0.25) is 9.59 Å². The number of fused-ring (bicyclic) bond motifs is 1. The Balaban J connectivity index is 1.73. The maximum Gasteiger partial charge on any atom is 0.355 e. The highest BCUT2D eigenvalue weighted by atomic mass is 16.5. The first-order chi connectivity index (χ1) is 13.5. The molecule has 2 aromatic carbocycles. The van der Waals surface area contributed by atoms with E-state index in [0.29, 0.717) is 6.54 Å². The predicted molar refractivity (Wildman–Crippen MR) is 106 cm³/mol. The number of amides is 2. The number of esters is 1. The van der Waals surface area contributed by atoms with Gasteiger partial charge in [0.25, 0.3) is 5.91 Å². The van der Waals surface area contributed by atoms with E-state index < -0.39 is 18.0 Å². The Bertz CT molecular complexity index is 921. The third-order valence-corrected chi connectivity index (χ3v) is 4.43. The van der Waals surface area contributed by atoms with Crippen molar-refractivity contribution in [2.24, 2.45) is 0 Å². The molecule has 0 saturated heterocycles. The number of para-hydroxylation sites is 1. The van der Waals surface area contributed by atoms with Crippen molar-refractivity contribution in [2.75, 3.05) is 11.4 Å². The van der Waals surface area contributed by atoms with Crippen LogP contribution in [0.4, 0.5) is 5.69 Å². The minimum atomic E-state index is -0.980. The van der Waals surface area contributed by atoms with Gasteiger partial charge in [0.1, 0.15) is 5.70 Å². The van der Waals surface area contributed by atoms with Crippen molar-refractivity contribution in [3.8, 4) is 0 Å². The first kappa shape index (κ1) is 19.4. The van der Waals surface area contributed by atoms with Gasteiger partial charge in [0.05, 0.1) is 0 Å². The van der Waals surface area contributed by atoms with Gasteiger partial charge >= 0.3 is 5.97 Å². The first-order valence-corrected chi connectivity index (χ1v) is 9.10. The largest absolute Gasteiger partial charge is 0.448 e. The zero-order valence-corrected chi connectivity index (χ0v) is 15.8. The van der Waals surface area contributed by atoms with Gasteiger partial charge in [0, 0.05) is 19.2 Å². The highest BCUT2D eigenvalue weighted by molar-refractivity contribution is 6.02. The fraction of sp³-hybridized carbons (Fsp3) is 0.227. The molecule has 144 valence electrons. The lowest BCUT2D eigenvalue weighted by molar-refractivity contribution is -0.150. The van der Waals surface area contributed by atoms with Gasteiger partial charge in [-0.05, 0) is 36.6 Å². The summed E-state index contributed by atoms with van der Waals surface area (Å²) >= 11 is 0. The SMILES string of the molecule is CC(=O)N/C(=C/c1ccccc1)C(=O)OC(C)C(=O)N1CCc2ccccc21. The summed E-state index contributed by atoms with van der Waals surface area (Å²) in [5.74, 6) is -1.45. The topological polar surface area (TPSA) is 75.7 Å². The summed E-state index contributed by atoms with van der Waals surface area (Å²) < 4.78 is 5.36. The standard InChI is InChI=1S/C22H22N2O4/c1-15(21(26)24-13-12-18-10-6-7-11-20(18)24)28-22(27)19(23-16(2)25)14-17-8-4-3-5-9-17/h3-11,14-15H,12-13H2,1-2H3,(H,23,25)/b19-14+. The second kappa shape index (κ2) is 8.52. The number of nitrogens with zero attached hydrogens (tertiary/aromatic N) is 1. The van der Waals surface area contributed by atoms with E-state index in [2.05, 4.69) is 5.32 Å². The van der Waals surface area contributed by atoms with Gasteiger partial charge in [-0.2, -0.15) is 0 Å². The molecule has 2 aromatic rings. The van der Waals surface area contributed by atoms with Crippen LogP contribution >= 0.6 is 0 Å². The molecule has 1 atom stereocenters. The molecule has 0 radical (unpaired) electrons. The molecule has 1 N–H and O–H groups in total. The Hall–Kier alpha value is -3.41. The second-order valence-corrected chi connectivity index (χ2v) is 6.57. The zero-order chi connectivity index (χ0) is 20.1. The second-order valence-electron chi connectivity index (χ2n) is 6.57. The molecule has 3 rings (SSSR count). The van der Waals surface area contributed by atoms with Crippen LogP contribution in [0.1, 0.15) is 25.0 Å². The van der Waals surface area contributed by atoms with Crippen molar-refractivity contribution in [2.45, 2.75) is 26.4 Å². The molecule has 0 saturated carbocycles. The Kier molecular flexibility index (Phi) is 5.89. The fourth-order valence-corrected chi connectivity index (χ4v) is 3.11. The van der Waals surface area contributed by atoms with Crippen molar-refractivity contribution in [1.29, 1.82) is 0 Å². The van der Waals surface area contributed by atoms with E-state index in [9.17, 15) is 14.4 Å². The van der Waals surface area contributed by atoms with E-state index in [4.69, 9.17) is 4.74 Å². The van der Waals surface area contributed by atoms with Gasteiger partial charge in [-0.1, -0.05) is 48.5 Å². The van der Waals surface area contributed by atoms with Crippen LogP contribution in [0.5, 0.6) is 0 Å². The van der Waals surface area contributed by atoms with Gasteiger partial charge in [0.15, 0.2) is 6.10 Å². The molecule has 0 bridgehead atoms. The molecule has 1 unspecified atom stereocenters. The smallest absolute Gasteiger partial charge is 0.355 e. The average Bonchev–Trinajstić information content (AvgIpc) is 3.11. The number of carbonyl (C=O) groups is 3. The Labute approximate surface area is 163 Å². The summed E-state index contributed by atoms with van der Waals surface area (Å²) in [7, 11) is 0. The summed E-state index contributed by atoms with van der Waals surface area (Å²) in [5.41, 5.74) is 2.66. The molecule has 0 spiro atoms. The molecular weight excluding hydrogens is 356 g/mol. The van der Waals surface area contributed by atoms with Crippen molar-refractivity contribution >= 4 is 29.5 Å². The highest BCUT2D eigenvalue weighted by Crippen LogP contribution is 2.28. The van der Waals surface area contributed by atoms with Gasteiger partial charge in [-0.25, -0.2) is 4.79 Å². The summed E-state index contributed by atoms with van der Waals surface area (Å²) in [6, 6.07) is 16.8. The molecule has 6 heteroatoms. The summed E-state index contributed by atoms with van der Waals surface area (Å²) in [5, 5.41) is 2.48. The first-order valence-electron chi connectivity index (χ1n) is 9.10. The number of carbonyl (C=O) groups excluding carboxylic acids is 3. The van der Waals surface area contributed by atoms with E-state index in [1.165, 1.54) is 19.9 Å². The predicted octanol–water partition coefficient (Wildman–Crippen LogP) is 2.68. The lowest BCUT2D eigenvalue weighted by atomic mass is 10.2. The molecule has 1 aliphatic heterocycles. The van der Waals surface area contributed by atoms with Crippen molar-refractivity contribution in [1.82, 2.24) is 5.32 Å². The molecule has 2 amide bonds. The molecule has 1 heterocycles. The molecular formula is C22H22N2O4. The van der Waals surface area contributed by atoms with Gasteiger partial charge in [0.2, 0.25) is 5.91 Å². The van der Waals surface area contributed by atoms with Crippen LogP contribution in [0.2, 0.25) is 0 Å². The number of ether oxygens (including phenoxy) is 1. The number of nitrogens with one attached hydrogen (secondary N) is 1. The molecule has 1 aliphatic rings. The average molecular weight is 378 g/mol. The third-order valence-electron chi connectivity index (χ3n) is 4.43. The Morgan fingerprint density at radius 1 is 1.07 bits per heavy atom. The lowest BCUT2D eigenvalue weighted by Gasteiger charge is -2.22. The number of benzene rings is 2. The molecule has 28 heavy (non-hydrogen) atoms. The molecule has 0 aliphatic carbocycles. The van der Waals surface area contributed by atoms with Crippen LogP contribution in [0.3, 0.4) is 0 Å². The molecule has 0 fully saturated rings. The van der Waals surface area contributed by atoms with Crippen LogP contribution in [0, 0.1) is 0 Å². The minimum Gasteiger partial charge on any atom is -0.448 e. The van der Waals surface area contributed by atoms with Crippen LogP contribution in [0.15, 0.2) is 60.3 Å². The van der Waals surface area contributed by atoms with Crippen LogP contribution in [-0.2, 0) is 25.5 Å².